The van der Waals surface area contributed by atoms with Gasteiger partial charge in [0.1, 0.15) is 0 Å². The molecule has 0 aliphatic heterocycles. The third-order valence-corrected chi connectivity index (χ3v) is 4.23. The van der Waals surface area contributed by atoms with Gasteiger partial charge in [-0.2, -0.15) is 0 Å². The highest BCUT2D eigenvalue weighted by Gasteiger charge is 2.15. The van der Waals surface area contributed by atoms with Crippen molar-refractivity contribution in [1.29, 1.82) is 0 Å². The SMILES string of the molecule is [CH2]CCS(=O)(=O)NCCC1CCCC1. The second-order valence-electron chi connectivity index (χ2n) is 4.01. The summed E-state index contributed by atoms with van der Waals surface area (Å²) in [5, 5.41) is 0. The molecule has 1 fully saturated rings. The molecular formula is C10H20NO2S. The molecule has 4 heteroatoms. The zero-order valence-electron chi connectivity index (χ0n) is 8.67. The van der Waals surface area contributed by atoms with E-state index in [1.54, 1.807) is 0 Å². The molecule has 1 rings (SSSR count). The second-order valence-corrected chi connectivity index (χ2v) is 5.93. The zero-order chi connectivity index (χ0) is 10.4. The van der Waals surface area contributed by atoms with Crippen LogP contribution in [-0.2, 0) is 10.0 Å². The number of rotatable bonds is 6. The molecule has 1 aliphatic carbocycles. The van der Waals surface area contributed by atoms with Gasteiger partial charge in [-0.05, 0) is 18.8 Å². The van der Waals surface area contributed by atoms with Crippen LogP contribution >= 0.6 is 0 Å². The van der Waals surface area contributed by atoms with Crippen LogP contribution in [0.15, 0.2) is 0 Å². The van der Waals surface area contributed by atoms with E-state index in [9.17, 15) is 8.42 Å². The van der Waals surface area contributed by atoms with E-state index in [1.807, 2.05) is 0 Å². The van der Waals surface area contributed by atoms with Crippen LogP contribution in [0.1, 0.15) is 38.5 Å². The summed E-state index contributed by atoms with van der Waals surface area (Å²) in [6, 6.07) is 0. The number of hydrogen-bond acceptors (Lipinski definition) is 2. The summed E-state index contributed by atoms with van der Waals surface area (Å²) in [5.41, 5.74) is 0. The first kappa shape index (κ1) is 12.0. The molecule has 0 saturated heterocycles. The Hall–Kier alpha value is -0.0900. The van der Waals surface area contributed by atoms with E-state index < -0.39 is 10.0 Å². The molecule has 0 bridgehead atoms. The molecule has 1 aliphatic rings. The molecule has 0 aromatic carbocycles. The predicted octanol–water partition coefficient (Wildman–Crippen LogP) is 1.71. The van der Waals surface area contributed by atoms with E-state index in [-0.39, 0.29) is 5.75 Å². The number of sulfonamides is 1. The Morgan fingerprint density at radius 1 is 1.29 bits per heavy atom. The number of hydrogen-bond donors (Lipinski definition) is 1. The second kappa shape index (κ2) is 5.71. The van der Waals surface area contributed by atoms with Gasteiger partial charge < -0.3 is 0 Å². The smallest absolute Gasteiger partial charge is 0.211 e. The Morgan fingerprint density at radius 3 is 2.50 bits per heavy atom. The van der Waals surface area contributed by atoms with Crippen molar-refractivity contribution in [1.82, 2.24) is 4.72 Å². The van der Waals surface area contributed by atoms with Gasteiger partial charge >= 0.3 is 0 Å². The summed E-state index contributed by atoms with van der Waals surface area (Å²) in [6.45, 7) is 4.14. The molecule has 0 aromatic heterocycles. The van der Waals surface area contributed by atoms with Gasteiger partial charge in [-0.15, -0.1) is 0 Å². The maximum absolute atomic E-state index is 11.3. The van der Waals surface area contributed by atoms with E-state index in [1.165, 1.54) is 25.7 Å². The molecule has 0 atom stereocenters. The van der Waals surface area contributed by atoms with Gasteiger partial charge in [0.2, 0.25) is 10.0 Å². The average molecular weight is 218 g/mol. The Balaban J connectivity index is 2.13. The summed E-state index contributed by atoms with van der Waals surface area (Å²) >= 11 is 0. The van der Waals surface area contributed by atoms with Gasteiger partial charge in [-0.25, -0.2) is 13.1 Å². The third-order valence-electron chi connectivity index (χ3n) is 2.76. The first-order valence-corrected chi connectivity index (χ1v) is 7.06. The van der Waals surface area contributed by atoms with Crippen LogP contribution in [0, 0.1) is 12.8 Å². The van der Waals surface area contributed by atoms with Gasteiger partial charge in [-0.1, -0.05) is 32.6 Å². The van der Waals surface area contributed by atoms with Crippen molar-refractivity contribution in [3.63, 3.8) is 0 Å². The van der Waals surface area contributed by atoms with Crippen LogP contribution < -0.4 is 4.72 Å². The topological polar surface area (TPSA) is 46.2 Å². The maximum Gasteiger partial charge on any atom is 0.211 e. The molecule has 0 aromatic rings. The quantitative estimate of drug-likeness (QED) is 0.737. The molecule has 1 N–H and O–H groups in total. The Bertz CT molecular complexity index is 243. The lowest BCUT2D eigenvalue weighted by molar-refractivity contribution is 0.495. The van der Waals surface area contributed by atoms with Gasteiger partial charge in [0.25, 0.3) is 0 Å². The summed E-state index contributed by atoms with van der Waals surface area (Å²) < 4.78 is 25.1. The molecule has 83 valence electrons. The van der Waals surface area contributed by atoms with E-state index in [4.69, 9.17) is 0 Å². The van der Waals surface area contributed by atoms with Crippen LogP contribution in [0.5, 0.6) is 0 Å². The monoisotopic (exact) mass is 218 g/mol. The van der Waals surface area contributed by atoms with Crippen molar-refractivity contribution in [2.75, 3.05) is 12.3 Å². The summed E-state index contributed by atoms with van der Waals surface area (Å²) in [5.74, 6) is 0.898. The van der Waals surface area contributed by atoms with E-state index >= 15 is 0 Å². The average Bonchev–Trinajstić information content (AvgIpc) is 2.56. The first-order chi connectivity index (χ1) is 6.64. The molecule has 1 saturated carbocycles. The molecule has 0 unspecified atom stereocenters. The number of nitrogens with one attached hydrogen (secondary N) is 1. The van der Waals surface area contributed by atoms with Crippen LogP contribution in [-0.4, -0.2) is 20.7 Å². The lowest BCUT2D eigenvalue weighted by atomic mass is 10.1. The van der Waals surface area contributed by atoms with E-state index in [2.05, 4.69) is 11.6 Å². The minimum absolute atomic E-state index is 0.150. The van der Waals surface area contributed by atoms with Crippen LogP contribution in [0.25, 0.3) is 0 Å². The standard InChI is InChI=1S/C10H20NO2S/c1-2-9-14(12,13)11-8-7-10-5-3-4-6-10/h10-11H,1-9H2. The molecular weight excluding hydrogens is 198 g/mol. The van der Waals surface area contributed by atoms with Crippen molar-refractivity contribution in [3.8, 4) is 0 Å². The highest BCUT2D eigenvalue weighted by Crippen LogP contribution is 2.26. The lowest BCUT2D eigenvalue weighted by Gasteiger charge is -2.09. The Labute approximate surface area is 87.3 Å². The maximum atomic E-state index is 11.3. The largest absolute Gasteiger partial charge is 0.215 e. The van der Waals surface area contributed by atoms with Crippen molar-refractivity contribution in [3.05, 3.63) is 6.92 Å². The third kappa shape index (κ3) is 4.42. The minimum atomic E-state index is -3.04. The molecule has 0 spiro atoms. The predicted molar refractivity (Wildman–Crippen MR) is 58.3 cm³/mol. The lowest BCUT2D eigenvalue weighted by Crippen LogP contribution is -2.28. The fraction of sp³-hybridized carbons (Fsp3) is 0.900. The zero-order valence-corrected chi connectivity index (χ0v) is 9.48. The molecule has 0 heterocycles. The van der Waals surface area contributed by atoms with E-state index in [0.717, 1.165) is 12.3 Å². The van der Waals surface area contributed by atoms with Crippen LogP contribution in [0.4, 0.5) is 0 Å². The normalized spacial score (nSPS) is 18.9. The van der Waals surface area contributed by atoms with E-state index in [0.29, 0.717) is 13.0 Å². The highest BCUT2D eigenvalue weighted by molar-refractivity contribution is 7.89. The Kier molecular flexibility index (Phi) is 4.89. The molecule has 1 radical (unpaired) electrons. The van der Waals surface area contributed by atoms with Gasteiger partial charge in [0.15, 0.2) is 0 Å². The minimum Gasteiger partial charge on any atom is -0.215 e. The van der Waals surface area contributed by atoms with Crippen molar-refractivity contribution in [2.24, 2.45) is 5.92 Å². The van der Waals surface area contributed by atoms with Crippen LogP contribution in [0.3, 0.4) is 0 Å². The van der Waals surface area contributed by atoms with Crippen LogP contribution in [0.2, 0.25) is 0 Å². The van der Waals surface area contributed by atoms with Gasteiger partial charge in [0, 0.05) is 6.54 Å². The Morgan fingerprint density at radius 2 is 1.93 bits per heavy atom. The first-order valence-electron chi connectivity index (χ1n) is 5.40. The highest BCUT2D eigenvalue weighted by atomic mass is 32.2. The van der Waals surface area contributed by atoms with Crippen molar-refractivity contribution < 1.29 is 8.42 Å². The van der Waals surface area contributed by atoms with Crippen molar-refractivity contribution >= 4 is 10.0 Å². The summed E-state index contributed by atoms with van der Waals surface area (Å²) in [7, 11) is -3.04. The summed E-state index contributed by atoms with van der Waals surface area (Å²) in [4.78, 5) is 0. The van der Waals surface area contributed by atoms with Gasteiger partial charge in [0.05, 0.1) is 5.75 Å². The summed E-state index contributed by atoms with van der Waals surface area (Å²) in [6.07, 6.45) is 6.62. The molecule has 0 amide bonds. The molecule has 3 nitrogen and oxygen atoms in total. The molecule has 14 heavy (non-hydrogen) atoms. The van der Waals surface area contributed by atoms with Crippen molar-refractivity contribution in [2.45, 2.75) is 38.5 Å². The fourth-order valence-electron chi connectivity index (χ4n) is 1.98. The van der Waals surface area contributed by atoms with Gasteiger partial charge in [-0.3, -0.25) is 0 Å². The fourth-order valence-corrected chi connectivity index (χ4v) is 2.93.